The fourth-order valence-corrected chi connectivity index (χ4v) is 3.11. The Kier molecular flexibility index (Phi) is 5.86. The van der Waals surface area contributed by atoms with E-state index in [9.17, 15) is 9.59 Å². The Bertz CT molecular complexity index is 770. The second-order valence-corrected chi connectivity index (χ2v) is 6.02. The zero-order valence-electron chi connectivity index (χ0n) is 14.4. The summed E-state index contributed by atoms with van der Waals surface area (Å²) in [6.45, 7) is 1.36. The van der Waals surface area contributed by atoms with Crippen LogP contribution in [0.1, 0.15) is 22.0 Å². The molecule has 2 aromatic rings. The van der Waals surface area contributed by atoms with Crippen molar-refractivity contribution < 1.29 is 14.3 Å². The van der Waals surface area contributed by atoms with Crippen LogP contribution in [0, 0.1) is 5.92 Å². The third-order valence-corrected chi connectivity index (χ3v) is 4.37. The molecule has 2 N–H and O–H groups in total. The van der Waals surface area contributed by atoms with E-state index in [1.54, 1.807) is 34.8 Å². The molecule has 25 heavy (non-hydrogen) atoms. The number of nitrogens with one attached hydrogen (secondary N) is 2. The van der Waals surface area contributed by atoms with E-state index in [1.807, 2.05) is 13.2 Å². The molecule has 2 atom stereocenters. The van der Waals surface area contributed by atoms with E-state index < -0.39 is 5.97 Å². The zero-order chi connectivity index (χ0) is 17.3. The lowest BCUT2D eigenvalue weighted by molar-refractivity contribution is -0.119. The molecule has 0 saturated carbocycles. The molecule has 0 spiro atoms. The van der Waals surface area contributed by atoms with Crippen molar-refractivity contribution in [3.05, 3.63) is 35.9 Å². The van der Waals surface area contributed by atoms with Crippen LogP contribution >= 0.6 is 12.4 Å². The van der Waals surface area contributed by atoms with Gasteiger partial charge in [-0.1, -0.05) is 0 Å². The number of methoxy groups -OCH3 is 1. The van der Waals surface area contributed by atoms with Gasteiger partial charge in [0.15, 0.2) is 0 Å². The molecule has 0 unspecified atom stereocenters. The standard InChI is InChI=1S/C16H21N5O3.ClH/c1-20-9-11(4-14(20)16(23)24-3)19-15(22)13-7-17-6-12(13)10-5-18-21(2)8-10;/h4-5,8-9,12-13,17H,6-7H2,1-3H3,(H,19,22);1H/t12-,13+;/m1./s1. The molecule has 8 nitrogen and oxygen atoms in total. The molecule has 3 heterocycles. The predicted octanol–water partition coefficient (Wildman–Crippen LogP) is 0.909. The number of hydrogen-bond donors (Lipinski definition) is 2. The van der Waals surface area contributed by atoms with Crippen molar-refractivity contribution in [2.75, 3.05) is 25.5 Å². The van der Waals surface area contributed by atoms with Crippen LogP contribution in [0.5, 0.6) is 0 Å². The molecule has 1 aliphatic rings. The number of aryl methyl sites for hydroxylation is 2. The van der Waals surface area contributed by atoms with Crippen LogP contribution in [0.2, 0.25) is 0 Å². The Morgan fingerprint density at radius 2 is 2.08 bits per heavy atom. The fourth-order valence-electron chi connectivity index (χ4n) is 3.11. The number of rotatable bonds is 4. The van der Waals surface area contributed by atoms with Crippen molar-refractivity contribution in [3.63, 3.8) is 0 Å². The molecule has 0 aliphatic carbocycles. The number of carbonyl (C=O) groups excluding carboxylic acids is 2. The predicted molar refractivity (Wildman–Crippen MR) is 94.9 cm³/mol. The highest BCUT2D eigenvalue weighted by molar-refractivity contribution is 5.96. The lowest BCUT2D eigenvalue weighted by Gasteiger charge is -2.16. The topological polar surface area (TPSA) is 90.2 Å². The second-order valence-electron chi connectivity index (χ2n) is 6.02. The van der Waals surface area contributed by atoms with E-state index in [1.165, 1.54) is 7.11 Å². The summed E-state index contributed by atoms with van der Waals surface area (Å²) in [6.07, 6.45) is 5.44. The van der Waals surface area contributed by atoms with Crippen molar-refractivity contribution in [2.24, 2.45) is 20.0 Å². The maximum Gasteiger partial charge on any atom is 0.354 e. The number of halogens is 1. The number of hydrogen-bond acceptors (Lipinski definition) is 5. The molecule has 1 fully saturated rings. The molecular weight excluding hydrogens is 346 g/mol. The summed E-state index contributed by atoms with van der Waals surface area (Å²) in [6, 6.07) is 1.62. The first-order valence-electron chi connectivity index (χ1n) is 7.74. The number of amides is 1. The summed E-state index contributed by atoms with van der Waals surface area (Å²) in [5.74, 6) is -0.608. The van der Waals surface area contributed by atoms with Gasteiger partial charge < -0.3 is 19.9 Å². The van der Waals surface area contributed by atoms with Gasteiger partial charge in [-0.2, -0.15) is 5.10 Å². The molecule has 2 aromatic heterocycles. The van der Waals surface area contributed by atoms with Gasteiger partial charge in [0.25, 0.3) is 0 Å². The molecule has 3 rings (SSSR count). The van der Waals surface area contributed by atoms with Crippen molar-refractivity contribution in [2.45, 2.75) is 5.92 Å². The van der Waals surface area contributed by atoms with Crippen LogP contribution in [0.25, 0.3) is 0 Å². The molecule has 0 bridgehead atoms. The SMILES string of the molecule is COC(=O)c1cc(NC(=O)[C@H]2CNC[C@@H]2c2cnn(C)c2)cn1C.Cl. The van der Waals surface area contributed by atoms with Gasteiger partial charge in [0.1, 0.15) is 5.69 Å². The molecule has 1 amide bonds. The number of carbonyl (C=O) groups is 2. The van der Waals surface area contributed by atoms with E-state index in [2.05, 4.69) is 15.7 Å². The van der Waals surface area contributed by atoms with Crippen LogP contribution in [0.4, 0.5) is 5.69 Å². The van der Waals surface area contributed by atoms with Gasteiger partial charge in [0.05, 0.1) is 24.9 Å². The highest BCUT2D eigenvalue weighted by atomic mass is 35.5. The van der Waals surface area contributed by atoms with E-state index in [0.717, 1.165) is 12.1 Å². The van der Waals surface area contributed by atoms with Gasteiger partial charge in [-0.05, 0) is 11.6 Å². The highest BCUT2D eigenvalue weighted by Gasteiger charge is 2.34. The second kappa shape index (κ2) is 7.71. The monoisotopic (exact) mass is 367 g/mol. The fraction of sp³-hybridized carbons (Fsp3) is 0.438. The number of aromatic nitrogens is 3. The quantitative estimate of drug-likeness (QED) is 0.784. The van der Waals surface area contributed by atoms with E-state index >= 15 is 0 Å². The number of esters is 1. The van der Waals surface area contributed by atoms with Gasteiger partial charge in [0, 0.05) is 45.5 Å². The molecule has 0 aromatic carbocycles. The highest BCUT2D eigenvalue weighted by Crippen LogP contribution is 2.29. The van der Waals surface area contributed by atoms with Crippen LogP contribution < -0.4 is 10.6 Å². The van der Waals surface area contributed by atoms with Crippen molar-refractivity contribution in [1.82, 2.24) is 19.7 Å². The lowest BCUT2D eigenvalue weighted by Crippen LogP contribution is -2.27. The van der Waals surface area contributed by atoms with E-state index in [-0.39, 0.29) is 30.2 Å². The molecule has 9 heteroatoms. The Labute approximate surface area is 151 Å². The average Bonchev–Trinajstić information content (AvgIpc) is 3.26. The van der Waals surface area contributed by atoms with Gasteiger partial charge in [-0.25, -0.2) is 4.79 Å². The van der Waals surface area contributed by atoms with Crippen LogP contribution in [0.15, 0.2) is 24.7 Å². The van der Waals surface area contributed by atoms with Crippen LogP contribution in [-0.2, 0) is 23.6 Å². The minimum Gasteiger partial charge on any atom is -0.464 e. The van der Waals surface area contributed by atoms with Crippen LogP contribution in [0.3, 0.4) is 0 Å². The average molecular weight is 368 g/mol. The summed E-state index contributed by atoms with van der Waals surface area (Å²) in [4.78, 5) is 24.3. The maximum absolute atomic E-state index is 12.7. The normalized spacial score (nSPS) is 19.3. The molecular formula is C16H22ClN5O3. The summed E-state index contributed by atoms with van der Waals surface area (Å²) in [5.41, 5.74) is 2.02. The zero-order valence-corrected chi connectivity index (χ0v) is 15.2. The lowest BCUT2D eigenvalue weighted by atomic mass is 9.90. The first-order chi connectivity index (χ1) is 11.5. The Balaban J connectivity index is 0.00000225. The minimum absolute atomic E-state index is 0. The van der Waals surface area contributed by atoms with Gasteiger partial charge in [0.2, 0.25) is 5.91 Å². The third-order valence-electron chi connectivity index (χ3n) is 4.37. The van der Waals surface area contributed by atoms with E-state index in [4.69, 9.17) is 4.74 Å². The van der Waals surface area contributed by atoms with Crippen molar-refractivity contribution in [1.29, 1.82) is 0 Å². The van der Waals surface area contributed by atoms with Crippen molar-refractivity contribution in [3.8, 4) is 0 Å². The third kappa shape index (κ3) is 3.85. The number of anilines is 1. The molecule has 136 valence electrons. The smallest absolute Gasteiger partial charge is 0.354 e. The van der Waals surface area contributed by atoms with Gasteiger partial charge in [-0.15, -0.1) is 12.4 Å². The number of ether oxygens (including phenoxy) is 1. The Morgan fingerprint density at radius 3 is 2.72 bits per heavy atom. The molecule has 0 radical (unpaired) electrons. The van der Waals surface area contributed by atoms with Crippen LogP contribution in [-0.4, -0.2) is 46.4 Å². The van der Waals surface area contributed by atoms with E-state index in [0.29, 0.717) is 17.9 Å². The molecule has 1 saturated heterocycles. The summed E-state index contributed by atoms with van der Waals surface area (Å²) in [7, 11) is 4.92. The number of nitrogens with zero attached hydrogens (tertiary/aromatic N) is 3. The first-order valence-corrected chi connectivity index (χ1v) is 7.74. The van der Waals surface area contributed by atoms with Gasteiger partial charge >= 0.3 is 5.97 Å². The maximum atomic E-state index is 12.7. The Hall–Kier alpha value is -2.32. The molecule has 1 aliphatic heterocycles. The summed E-state index contributed by atoms with van der Waals surface area (Å²) < 4.78 is 8.09. The largest absolute Gasteiger partial charge is 0.464 e. The minimum atomic E-state index is -0.436. The van der Waals surface area contributed by atoms with Gasteiger partial charge in [-0.3, -0.25) is 9.48 Å². The first kappa shape index (κ1) is 19.0. The summed E-state index contributed by atoms with van der Waals surface area (Å²) in [5, 5.41) is 10.3. The van der Waals surface area contributed by atoms with Crippen molar-refractivity contribution >= 4 is 30.0 Å². The Morgan fingerprint density at radius 1 is 1.32 bits per heavy atom. The summed E-state index contributed by atoms with van der Waals surface area (Å²) >= 11 is 0.